The van der Waals surface area contributed by atoms with Gasteiger partial charge >= 0.3 is 12.2 Å². The van der Waals surface area contributed by atoms with Gasteiger partial charge in [0.25, 0.3) is 0 Å². The van der Waals surface area contributed by atoms with Crippen LogP contribution in [0.4, 0.5) is 9.59 Å². The third kappa shape index (κ3) is 8.18. The van der Waals surface area contributed by atoms with Gasteiger partial charge < -0.3 is 29.2 Å². The maximum atomic E-state index is 14.2. The summed E-state index contributed by atoms with van der Waals surface area (Å²) >= 11 is 0. The Labute approximate surface area is 358 Å². The van der Waals surface area contributed by atoms with Gasteiger partial charge in [-0.1, -0.05) is 77.9 Å². The van der Waals surface area contributed by atoms with Gasteiger partial charge in [-0.25, -0.2) is 14.6 Å². The monoisotopic (exact) mass is 831 g/mol. The van der Waals surface area contributed by atoms with E-state index in [1.54, 1.807) is 14.1 Å². The van der Waals surface area contributed by atoms with Crippen molar-refractivity contribution in [1.82, 2.24) is 34.6 Å². The van der Waals surface area contributed by atoms with E-state index in [-0.39, 0.29) is 41.7 Å². The summed E-state index contributed by atoms with van der Waals surface area (Å²) in [4.78, 5) is 71.9. The average molecular weight is 832 g/mol. The van der Waals surface area contributed by atoms with E-state index in [2.05, 4.69) is 85.3 Å². The van der Waals surface area contributed by atoms with Crippen molar-refractivity contribution in [3.8, 4) is 22.3 Å². The van der Waals surface area contributed by atoms with E-state index in [4.69, 9.17) is 14.5 Å². The quantitative estimate of drug-likeness (QED) is 0.143. The number of amides is 4. The van der Waals surface area contributed by atoms with E-state index in [0.717, 1.165) is 74.1 Å². The Bertz CT molecular complexity index is 2440. The predicted molar refractivity (Wildman–Crippen MR) is 238 cm³/mol. The molecule has 0 aliphatic carbocycles. The van der Waals surface area contributed by atoms with Gasteiger partial charge in [0, 0.05) is 43.8 Å². The van der Waals surface area contributed by atoms with E-state index < -0.39 is 24.3 Å². The zero-order valence-electron chi connectivity index (χ0n) is 37.4. The highest BCUT2D eigenvalue weighted by Crippen LogP contribution is 2.41. The van der Waals surface area contributed by atoms with E-state index in [0.29, 0.717) is 19.0 Å². The van der Waals surface area contributed by atoms with E-state index in [9.17, 15) is 19.2 Å². The number of rotatable bonds is 10. The fraction of sp³-hybridized carbons (Fsp3) is 0.479. The van der Waals surface area contributed by atoms with Crippen LogP contribution in [0.5, 0.6) is 0 Å². The Balaban J connectivity index is 1.11. The second-order valence-electron chi connectivity index (χ2n) is 18.1. The molecule has 324 valence electrons. The van der Waals surface area contributed by atoms with Gasteiger partial charge in [0.2, 0.25) is 11.8 Å². The van der Waals surface area contributed by atoms with E-state index >= 15 is 0 Å². The zero-order chi connectivity index (χ0) is 44.0. The topological polar surface area (TPSA) is 144 Å². The van der Waals surface area contributed by atoms with Crippen LogP contribution < -0.4 is 0 Å². The summed E-state index contributed by atoms with van der Waals surface area (Å²) in [6.45, 7) is 15.5. The molecule has 6 atom stereocenters. The second kappa shape index (κ2) is 17.3. The van der Waals surface area contributed by atoms with Crippen molar-refractivity contribution in [2.75, 3.05) is 41.4 Å². The molecule has 13 nitrogen and oxygen atoms in total. The lowest BCUT2D eigenvalue weighted by atomic mass is 9.97. The first-order valence-corrected chi connectivity index (χ1v) is 21.5. The largest absolute Gasteiger partial charge is 0.453 e. The lowest BCUT2D eigenvalue weighted by Crippen LogP contribution is -2.52. The molecule has 0 saturated carbocycles. The highest BCUT2D eigenvalue weighted by Gasteiger charge is 2.43. The number of H-pyrrole nitrogens is 2. The van der Waals surface area contributed by atoms with Gasteiger partial charge in [-0.15, -0.1) is 0 Å². The fourth-order valence-corrected chi connectivity index (χ4v) is 9.84. The van der Waals surface area contributed by atoms with Gasteiger partial charge in [0.15, 0.2) is 0 Å². The Morgan fingerprint density at radius 1 is 0.672 bits per heavy atom. The van der Waals surface area contributed by atoms with Crippen molar-refractivity contribution in [1.29, 1.82) is 0 Å². The minimum Gasteiger partial charge on any atom is -0.453 e. The summed E-state index contributed by atoms with van der Waals surface area (Å²) in [6, 6.07) is 19.6. The number of imidazole rings is 1. The highest BCUT2D eigenvalue weighted by atomic mass is 16.5. The van der Waals surface area contributed by atoms with Crippen LogP contribution in [0.15, 0.2) is 60.7 Å². The number of likely N-dealkylation sites (tertiary alicyclic amines) is 2. The minimum absolute atomic E-state index is 0.0631. The number of likely N-dealkylation sites (N-methyl/N-ethyl adjacent to an activating group) is 2. The number of carbonyl (C=O) groups excluding carboxylic acids is 4. The van der Waals surface area contributed by atoms with Crippen molar-refractivity contribution in [3.05, 3.63) is 77.7 Å². The van der Waals surface area contributed by atoms with Crippen molar-refractivity contribution in [2.24, 2.45) is 23.7 Å². The van der Waals surface area contributed by atoms with E-state index in [1.807, 2.05) is 43.6 Å². The number of ether oxygens (including phenoxy) is 2. The van der Waals surface area contributed by atoms with Crippen LogP contribution >= 0.6 is 0 Å². The molecule has 2 aliphatic heterocycles. The molecule has 2 saturated heterocycles. The summed E-state index contributed by atoms with van der Waals surface area (Å²) in [5.41, 5.74) is 9.20. The lowest BCUT2D eigenvalue weighted by molar-refractivity contribution is -0.139. The Morgan fingerprint density at radius 3 is 1.67 bits per heavy atom. The molecule has 2 aliphatic rings. The van der Waals surface area contributed by atoms with E-state index in [1.165, 1.54) is 24.0 Å². The third-order valence-corrected chi connectivity index (χ3v) is 12.9. The van der Waals surface area contributed by atoms with Crippen LogP contribution in [0.1, 0.15) is 83.5 Å². The van der Waals surface area contributed by atoms with Crippen LogP contribution in [-0.4, -0.2) is 112 Å². The number of hydrogen-bond acceptors (Lipinski definition) is 7. The molecule has 4 heterocycles. The van der Waals surface area contributed by atoms with Crippen LogP contribution in [0.25, 0.3) is 44.2 Å². The van der Waals surface area contributed by atoms with Crippen molar-refractivity contribution in [3.63, 3.8) is 0 Å². The molecule has 2 aromatic heterocycles. The maximum Gasteiger partial charge on any atom is 0.409 e. The molecule has 7 rings (SSSR count). The molecule has 2 fully saturated rings. The Kier molecular flexibility index (Phi) is 12.2. The summed E-state index contributed by atoms with van der Waals surface area (Å²) < 4.78 is 9.93. The number of aromatic amines is 2. The third-order valence-electron chi connectivity index (χ3n) is 12.9. The Hall–Kier alpha value is -5.85. The first-order valence-electron chi connectivity index (χ1n) is 21.5. The van der Waals surface area contributed by atoms with Crippen molar-refractivity contribution >= 4 is 45.9 Å². The number of fused-ring (bicyclic) bond motifs is 2. The molecule has 0 unspecified atom stereocenters. The summed E-state index contributed by atoms with van der Waals surface area (Å²) in [5, 5.41) is 1.11. The second-order valence-corrected chi connectivity index (χ2v) is 18.1. The summed E-state index contributed by atoms with van der Waals surface area (Å²) in [5.74, 6) is 0.975. The predicted octanol–water partition coefficient (Wildman–Crippen LogP) is 8.95. The maximum absolute atomic E-state index is 14.2. The lowest BCUT2D eigenvalue weighted by Gasteiger charge is -2.35. The molecule has 0 spiro atoms. The van der Waals surface area contributed by atoms with Crippen molar-refractivity contribution in [2.45, 2.75) is 85.5 Å². The molecule has 4 amide bonds. The number of carbonyl (C=O) groups is 4. The number of aryl methyl sites for hydroxylation is 1. The molecule has 61 heavy (non-hydrogen) atoms. The van der Waals surface area contributed by atoms with Gasteiger partial charge in [0.05, 0.1) is 37.3 Å². The van der Waals surface area contributed by atoms with Gasteiger partial charge in [-0.3, -0.25) is 19.4 Å². The molecule has 5 aromatic rings. The van der Waals surface area contributed by atoms with Crippen LogP contribution in [0.3, 0.4) is 0 Å². The highest BCUT2D eigenvalue weighted by molar-refractivity contribution is 5.91. The molecule has 13 heteroatoms. The number of nitrogens with zero attached hydrogens (tertiary/aromatic N) is 5. The summed E-state index contributed by atoms with van der Waals surface area (Å²) in [7, 11) is 5.92. The molecule has 0 bridgehead atoms. The Morgan fingerprint density at radius 2 is 1.15 bits per heavy atom. The van der Waals surface area contributed by atoms with Gasteiger partial charge in [0.1, 0.15) is 17.9 Å². The standard InChI is InChI=1S/C48H61N7O6/c1-26(2)42(52(8)47(58)60-10)45(56)54-24-28(5)20-39(54)41-30(7)35-22-33(16-18-36(35)49-41)31-12-14-32(15-13-31)34-17-19-37-38(23-34)51-44(50-37)40-21-29(6)25-55(40)46(57)43(27(3)4)53(9)48(59)61-11/h12-19,22-23,26-29,39-40,42-43,49H,20-21,24-25H2,1-11H3,(H,50,51)/t28-,29-,39-,40-,42-,43-/m0/s1. The van der Waals surface area contributed by atoms with Crippen LogP contribution in [-0.2, 0) is 19.1 Å². The number of nitrogens with one attached hydrogen (secondary N) is 2. The van der Waals surface area contributed by atoms with Gasteiger partial charge in [-0.2, -0.15) is 0 Å². The average Bonchev–Trinajstić information content (AvgIpc) is 4.03. The SMILES string of the molecule is COC(=O)N(C)[C@H](C(=O)N1C[C@@H](C)C[C@H]1c1nc2ccc(-c3ccc(-c4ccc5[nH]c([C@@H]6C[C@H](C)CN6C(=O)[C@H](C(C)C)N(C)C(=O)OC)c(C)c5c4)cc3)cc2[nH]1)C(C)C. The first kappa shape index (κ1) is 43.2. The van der Waals surface area contributed by atoms with Crippen LogP contribution in [0, 0.1) is 30.6 Å². The fourth-order valence-electron chi connectivity index (χ4n) is 9.84. The summed E-state index contributed by atoms with van der Waals surface area (Å²) in [6.07, 6.45) is 0.548. The molecule has 3 aromatic carbocycles. The number of aromatic nitrogens is 3. The number of hydrogen-bond donors (Lipinski definition) is 2. The smallest absolute Gasteiger partial charge is 0.409 e. The number of methoxy groups -OCH3 is 2. The molecular weight excluding hydrogens is 771 g/mol. The normalized spacial score (nSPS) is 20.1. The molecule has 2 N–H and O–H groups in total. The van der Waals surface area contributed by atoms with Crippen molar-refractivity contribution < 1.29 is 28.7 Å². The molecular formula is C48H61N7O6. The molecule has 0 radical (unpaired) electrons. The first-order chi connectivity index (χ1) is 29.0. The van der Waals surface area contributed by atoms with Crippen LogP contribution in [0.2, 0.25) is 0 Å². The van der Waals surface area contributed by atoms with Gasteiger partial charge in [-0.05, 0) is 95.5 Å². The zero-order valence-corrected chi connectivity index (χ0v) is 37.4. The number of benzene rings is 3. The minimum atomic E-state index is -0.652.